The Morgan fingerprint density at radius 1 is 1.17 bits per heavy atom. The van der Waals surface area contributed by atoms with Crippen molar-refractivity contribution >= 4 is 30.7 Å². The summed E-state index contributed by atoms with van der Waals surface area (Å²) < 4.78 is 0. The fraction of sp³-hybridized carbons (Fsp3) is 0.588. The van der Waals surface area contributed by atoms with Crippen LogP contribution in [0, 0.1) is 0 Å². The lowest BCUT2D eigenvalue weighted by atomic mass is 9.77. The van der Waals surface area contributed by atoms with Gasteiger partial charge >= 0.3 is 0 Å². The summed E-state index contributed by atoms with van der Waals surface area (Å²) in [6.07, 6.45) is 2.67. The predicted octanol–water partition coefficient (Wildman–Crippen LogP) is 2.87. The molecule has 4 nitrogen and oxygen atoms in total. The van der Waals surface area contributed by atoms with Gasteiger partial charge in [-0.2, -0.15) is 0 Å². The number of carbonyl (C=O) groups is 1. The molecule has 0 aromatic heterocycles. The second-order valence-corrected chi connectivity index (χ2v) is 5.92. The highest BCUT2D eigenvalue weighted by Gasteiger charge is 2.39. The van der Waals surface area contributed by atoms with Gasteiger partial charge in [-0.1, -0.05) is 38.1 Å². The zero-order valence-corrected chi connectivity index (χ0v) is 15.6. The van der Waals surface area contributed by atoms with Crippen molar-refractivity contribution in [1.29, 1.82) is 0 Å². The molecule has 2 rings (SSSR count). The number of nitrogens with zero attached hydrogens (tertiary/aromatic N) is 1. The van der Waals surface area contributed by atoms with Crippen LogP contribution in [-0.4, -0.2) is 29.4 Å². The van der Waals surface area contributed by atoms with E-state index >= 15 is 0 Å². The molecule has 1 aliphatic rings. The van der Waals surface area contributed by atoms with E-state index in [1.54, 1.807) is 0 Å². The van der Waals surface area contributed by atoms with E-state index in [1.165, 1.54) is 11.1 Å². The van der Waals surface area contributed by atoms with E-state index < -0.39 is 5.54 Å². The van der Waals surface area contributed by atoms with Gasteiger partial charge < -0.3 is 11.1 Å². The van der Waals surface area contributed by atoms with Gasteiger partial charge in [-0.15, -0.1) is 24.8 Å². The summed E-state index contributed by atoms with van der Waals surface area (Å²) in [4.78, 5) is 14.5. The number of amides is 1. The van der Waals surface area contributed by atoms with Crippen LogP contribution in [0.25, 0.3) is 0 Å². The minimum Gasteiger partial charge on any atom is -0.350 e. The predicted molar refractivity (Wildman–Crippen MR) is 100 cm³/mol. The van der Waals surface area contributed by atoms with Gasteiger partial charge in [0.2, 0.25) is 5.91 Å². The molecule has 1 aromatic rings. The fourth-order valence-corrected chi connectivity index (χ4v) is 2.71. The number of halogens is 2. The van der Waals surface area contributed by atoms with Crippen LogP contribution in [0.3, 0.4) is 0 Å². The standard InChI is InChI=1S/C17H27N3O.2ClH/c1-3-20(4-2)13-15-9-6-5-8-14(15)12-19-16(21)17(18)10-7-11-17;;/h5-6,8-9H,3-4,7,10-13,18H2,1-2H3,(H,19,21);2*1H. The van der Waals surface area contributed by atoms with Gasteiger partial charge in [0.05, 0.1) is 5.54 Å². The molecular weight excluding hydrogens is 333 g/mol. The van der Waals surface area contributed by atoms with Crippen LogP contribution < -0.4 is 11.1 Å². The Morgan fingerprint density at radius 2 is 1.74 bits per heavy atom. The van der Waals surface area contributed by atoms with Crippen LogP contribution in [0.5, 0.6) is 0 Å². The molecule has 1 saturated carbocycles. The molecule has 0 unspecified atom stereocenters. The maximum atomic E-state index is 12.1. The number of nitrogens with one attached hydrogen (secondary N) is 1. The van der Waals surface area contributed by atoms with Gasteiger partial charge in [0.25, 0.3) is 0 Å². The first-order valence-electron chi connectivity index (χ1n) is 7.95. The van der Waals surface area contributed by atoms with E-state index in [1.807, 2.05) is 6.07 Å². The Kier molecular flexibility index (Phi) is 9.78. The molecule has 0 spiro atoms. The van der Waals surface area contributed by atoms with Gasteiger partial charge in [0, 0.05) is 13.1 Å². The molecule has 23 heavy (non-hydrogen) atoms. The van der Waals surface area contributed by atoms with Gasteiger partial charge in [-0.05, 0) is 43.5 Å². The van der Waals surface area contributed by atoms with Gasteiger partial charge in [0.1, 0.15) is 0 Å². The van der Waals surface area contributed by atoms with Crippen molar-refractivity contribution in [3.63, 3.8) is 0 Å². The molecule has 132 valence electrons. The first kappa shape index (κ1) is 22.2. The number of benzene rings is 1. The van der Waals surface area contributed by atoms with Crippen molar-refractivity contribution < 1.29 is 4.79 Å². The van der Waals surface area contributed by atoms with Crippen molar-refractivity contribution in [2.24, 2.45) is 5.73 Å². The summed E-state index contributed by atoms with van der Waals surface area (Å²) in [5.74, 6) is -0.00797. The number of carbonyl (C=O) groups excluding carboxylic acids is 1. The topological polar surface area (TPSA) is 58.4 Å². The molecule has 1 amide bonds. The lowest BCUT2D eigenvalue weighted by molar-refractivity contribution is -0.129. The maximum Gasteiger partial charge on any atom is 0.240 e. The molecular formula is C17H29Cl2N3O. The Bertz CT molecular complexity index is 488. The highest BCUT2D eigenvalue weighted by molar-refractivity contribution is 5.87. The third-order valence-electron chi connectivity index (χ3n) is 4.54. The molecule has 1 aromatic carbocycles. The number of hydrogen-bond donors (Lipinski definition) is 2. The lowest BCUT2D eigenvalue weighted by Gasteiger charge is -2.36. The second-order valence-electron chi connectivity index (χ2n) is 5.92. The highest BCUT2D eigenvalue weighted by Crippen LogP contribution is 2.29. The minimum atomic E-state index is -0.617. The van der Waals surface area contributed by atoms with Crippen LogP contribution in [-0.2, 0) is 17.9 Å². The monoisotopic (exact) mass is 361 g/mol. The zero-order chi connectivity index (χ0) is 15.3. The maximum absolute atomic E-state index is 12.1. The van der Waals surface area contributed by atoms with Gasteiger partial charge in [-0.25, -0.2) is 0 Å². The van der Waals surface area contributed by atoms with Crippen molar-refractivity contribution in [3.05, 3.63) is 35.4 Å². The molecule has 0 atom stereocenters. The van der Waals surface area contributed by atoms with E-state index in [2.05, 4.69) is 42.3 Å². The molecule has 1 fully saturated rings. The van der Waals surface area contributed by atoms with Crippen LogP contribution in [0.1, 0.15) is 44.2 Å². The first-order chi connectivity index (χ1) is 10.1. The molecule has 0 saturated heterocycles. The Morgan fingerprint density at radius 3 is 2.22 bits per heavy atom. The van der Waals surface area contributed by atoms with Crippen LogP contribution >= 0.6 is 24.8 Å². The molecule has 0 aliphatic heterocycles. The molecule has 0 radical (unpaired) electrons. The molecule has 3 N–H and O–H groups in total. The molecule has 1 aliphatic carbocycles. The summed E-state index contributed by atoms with van der Waals surface area (Å²) in [5, 5.41) is 3.01. The Balaban J connectivity index is 0.00000242. The first-order valence-corrected chi connectivity index (χ1v) is 7.95. The average molecular weight is 362 g/mol. The van der Waals surface area contributed by atoms with Crippen LogP contribution in [0.4, 0.5) is 0 Å². The number of rotatable bonds is 7. The van der Waals surface area contributed by atoms with Crippen LogP contribution in [0.15, 0.2) is 24.3 Å². The normalized spacial score (nSPS) is 15.1. The van der Waals surface area contributed by atoms with E-state index in [4.69, 9.17) is 5.73 Å². The van der Waals surface area contributed by atoms with Gasteiger partial charge in [0.15, 0.2) is 0 Å². The summed E-state index contributed by atoms with van der Waals surface area (Å²) >= 11 is 0. The highest BCUT2D eigenvalue weighted by atomic mass is 35.5. The lowest BCUT2D eigenvalue weighted by Crippen LogP contribution is -2.58. The van der Waals surface area contributed by atoms with E-state index in [-0.39, 0.29) is 30.7 Å². The smallest absolute Gasteiger partial charge is 0.240 e. The zero-order valence-electron chi connectivity index (χ0n) is 14.0. The third kappa shape index (κ3) is 5.64. The Labute approximate surface area is 152 Å². The molecule has 6 heteroatoms. The summed E-state index contributed by atoms with van der Waals surface area (Å²) in [6, 6.07) is 8.31. The van der Waals surface area contributed by atoms with Crippen molar-refractivity contribution in [2.45, 2.75) is 51.7 Å². The third-order valence-corrected chi connectivity index (χ3v) is 4.54. The van der Waals surface area contributed by atoms with Crippen molar-refractivity contribution in [3.8, 4) is 0 Å². The summed E-state index contributed by atoms with van der Waals surface area (Å²) in [6.45, 7) is 7.89. The van der Waals surface area contributed by atoms with E-state index in [0.717, 1.165) is 38.9 Å². The SMILES string of the molecule is CCN(CC)Cc1ccccc1CNC(=O)C1(N)CCC1.Cl.Cl. The second kappa shape index (κ2) is 10.1. The number of nitrogens with two attached hydrogens (primary N) is 1. The van der Waals surface area contributed by atoms with E-state index in [9.17, 15) is 4.79 Å². The van der Waals surface area contributed by atoms with Crippen molar-refractivity contribution in [1.82, 2.24) is 10.2 Å². The Hall–Kier alpha value is -0.810. The quantitative estimate of drug-likeness (QED) is 0.784. The summed E-state index contributed by atoms with van der Waals surface area (Å²) in [7, 11) is 0. The molecule has 0 heterocycles. The van der Waals surface area contributed by atoms with E-state index in [0.29, 0.717) is 6.54 Å². The van der Waals surface area contributed by atoms with Gasteiger partial charge in [-0.3, -0.25) is 9.69 Å². The average Bonchev–Trinajstić information content (AvgIpc) is 2.48. The minimum absolute atomic E-state index is 0. The van der Waals surface area contributed by atoms with Crippen LogP contribution in [0.2, 0.25) is 0 Å². The number of hydrogen-bond acceptors (Lipinski definition) is 3. The largest absolute Gasteiger partial charge is 0.350 e. The molecule has 0 bridgehead atoms. The van der Waals surface area contributed by atoms with Crippen molar-refractivity contribution in [2.75, 3.05) is 13.1 Å². The fourth-order valence-electron chi connectivity index (χ4n) is 2.71. The summed E-state index contributed by atoms with van der Waals surface area (Å²) in [5.41, 5.74) is 7.89.